The summed E-state index contributed by atoms with van der Waals surface area (Å²) in [5.74, 6) is 0.716. The molecule has 0 saturated carbocycles. The monoisotopic (exact) mass is 310 g/mol. The number of nitrogens with two attached hydrogens (primary N) is 1. The molecule has 0 aromatic heterocycles. The van der Waals surface area contributed by atoms with Gasteiger partial charge in [0.25, 0.3) is 0 Å². The molecule has 1 aliphatic rings. The number of hydrogen-bond acceptors (Lipinski definition) is 3. The Bertz CT molecular complexity index is 476. The minimum absolute atomic E-state index is 0.238. The van der Waals surface area contributed by atoms with Crippen molar-refractivity contribution in [2.45, 2.75) is 39.2 Å². The van der Waals surface area contributed by atoms with Gasteiger partial charge in [-0.2, -0.15) is 0 Å². The van der Waals surface area contributed by atoms with Crippen molar-refractivity contribution >= 4 is 11.6 Å². The van der Waals surface area contributed by atoms with E-state index in [9.17, 15) is 0 Å². The van der Waals surface area contributed by atoms with E-state index in [1.165, 1.54) is 24.8 Å². The molecular formula is C17H27ClN2O. The van der Waals surface area contributed by atoms with Gasteiger partial charge in [-0.05, 0) is 55.5 Å². The molecule has 0 spiro atoms. The lowest BCUT2D eigenvalue weighted by Crippen LogP contribution is -2.35. The number of hydrogen-bond donors (Lipinski definition) is 1. The second-order valence-electron chi connectivity index (χ2n) is 6.70. The molecule has 2 rings (SSSR count). The Morgan fingerprint density at radius 2 is 2.10 bits per heavy atom. The van der Waals surface area contributed by atoms with E-state index in [1.807, 2.05) is 12.1 Å². The normalized spacial score (nSPS) is 20.8. The molecule has 1 aromatic carbocycles. The van der Waals surface area contributed by atoms with Crippen molar-refractivity contribution in [3.63, 3.8) is 0 Å². The maximum atomic E-state index is 6.26. The van der Waals surface area contributed by atoms with Gasteiger partial charge in [-0.1, -0.05) is 31.5 Å². The smallest absolute Gasteiger partial charge is 0.137 e. The molecule has 4 heteroatoms. The molecular weight excluding hydrogens is 284 g/mol. The summed E-state index contributed by atoms with van der Waals surface area (Å²) in [4.78, 5) is 2.51. The van der Waals surface area contributed by atoms with Crippen LogP contribution in [0.4, 0.5) is 0 Å². The second kappa shape index (κ2) is 6.99. The van der Waals surface area contributed by atoms with Gasteiger partial charge < -0.3 is 10.5 Å². The van der Waals surface area contributed by atoms with Crippen LogP contribution in [0.1, 0.15) is 44.7 Å². The molecule has 1 aliphatic heterocycles. The average molecular weight is 311 g/mol. The highest BCUT2D eigenvalue weighted by molar-refractivity contribution is 6.32. The molecule has 2 N–H and O–H groups in total. The van der Waals surface area contributed by atoms with Crippen LogP contribution in [0, 0.1) is 5.41 Å². The van der Waals surface area contributed by atoms with Crippen LogP contribution in [0.15, 0.2) is 18.2 Å². The third kappa shape index (κ3) is 4.12. The summed E-state index contributed by atoms with van der Waals surface area (Å²) >= 11 is 6.26. The number of methoxy groups -OCH3 is 1. The fourth-order valence-electron chi connectivity index (χ4n) is 3.14. The average Bonchev–Trinajstić information content (AvgIpc) is 2.61. The lowest BCUT2D eigenvalue weighted by molar-refractivity contribution is 0.200. The van der Waals surface area contributed by atoms with Crippen molar-refractivity contribution in [1.29, 1.82) is 0 Å². The van der Waals surface area contributed by atoms with Gasteiger partial charge in [-0.3, -0.25) is 4.90 Å². The lowest BCUT2D eigenvalue weighted by Gasteiger charge is -2.31. The number of rotatable bonds is 4. The zero-order valence-corrected chi connectivity index (χ0v) is 14.1. The second-order valence-corrected chi connectivity index (χ2v) is 7.11. The molecule has 1 atom stereocenters. The summed E-state index contributed by atoms with van der Waals surface area (Å²) in [6, 6.07) is 6.25. The Labute approximate surface area is 133 Å². The van der Waals surface area contributed by atoms with E-state index in [2.05, 4.69) is 24.8 Å². The van der Waals surface area contributed by atoms with Crippen molar-refractivity contribution in [3.05, 3.63) is 28.8 Å². The summed E-state index contributed by atoms with van der Waals surface area (Å²) < 4.78 is 5.23. The van der Waals surface area contributed by atoms with Crippen LogP contribution in [0.3, 0.4) is 0 Å². The number of nitrogens with zero attached hydrogens (tertiary/aromatic N) is 1. The molecule has 0 radical (unpaired) electrons. The first-order chi connectivity index (χ1) is 9.96. The summed E-state index contributed by atoms with van der Waals surface area (Å²) in [5, 5.41) is 0.656. The molecule has 1 saturated heterocycles. The maximum Gasteiger partial charge on any atom is 0.137 e. The first-order valence-corrected chi connectivity index (χ1v) is 8.12. The fraction of sp³-hybridized carbons (Fsp3) is 0.647. The highest BCUT2D eigenvalue weighted by atomic mass is 35.5. The third-order valence-corrected chi connectivity index (χ3v) is 4.89. The molecule has 0 aliphatic carbocycles. The van der Waals surface area contributed by atoms with Gasteiger partial charge >= 0.3 is 0 Å². The van der Waals surface area contributed by atoms with Crippen LogP contribution in [0.5, 0.6) is 5.75 Å². The van der Waals surface area contributed by atoms with Crippen LogP contribution in [0.25, 0.3) is 0 Å². The predicted octanol–water partition coefficient (Wildman–Crippen LogP) is 3.86. The largest absolute Gasteiger partial charge is 0.495 e. The molecule has 0 amide bonds. The van der Waals surface area contributed by atoms with Crippen molar-refractivity contribution < 1.29 is 4.74 Å². The number of halogens is 1. The topological polar surface area (TPSA) is 38.5 Å². The quantitative estimate of drug-likeness (QED) is 0.917. The first-order valence-electron chi connectivity index (χ1n) is 7.74. The zero-order chi connectivity index (χ0) is 15.5. The standard InChI is InChI=1S/C17H27ClN2O/c1-17(2)7-4-9-20(10-8-17)15(12-19)13-5-6-16(21-3)14(18)11-13/h5-6,11,15H,4,7-10,12,19H2,1-3H3. The highest BCUT2D eigenvalue weighted by Gasteiger charge is 2.27. The molecule has 21 heavy (non-hydrogen) atoms. The lowest BCUT2D eigenvalue weighted by atomic mass is 9.85. The summed E-state index contributed by atoms with van der Waals surface area (Å²) in [5.41, 5.74) is 7.68. The molecule has 1 fully saturated rings. The number of benzene rings is 1. The van der Waals surface area contributed by atoms with Gasteiger partial charge in [0.15, 0.2) is 0 Å². The Morgan fingerprint density at radius 3 is 2.71 bits per heavy atom. The Kier molecular flexibility index (Phi) is 5.53. The van der Waals surface area contributed by atoms with Gasteiger partial charge in [0.1, 0.15) is 5.75 Å². The van der Waals surface area contributed by atoms with E-state index in [4.69, 9.17) is 22.1 Å². The summed E-state index contributed by atoms with van der Waals surface area (Å²) in [7, 11) is 1.64. The Morgan fingerprint density at radius 1 is 1.33 bits per heavy atom. The zero-order valence-electron chi connectivity index (χ0n) is 13.4. The van der Waals surface area contributed by atoms with Crippen molar-refractivity contribution in [1.82, 2.24) is 4.90 Å². The molecule has 1 aromatic rings. The van der Waals surface area contributed by atoms with Crippen LogP contribution >= 0.6 is 11.6 Å². The minimum atomic E-state index is 0.238. The van der Waals surface area contributed by atoms with E-state index in [0.29, 0.717) is 22.7 Å². The SMILES string of the molecule is COc1ccc(C(CN)N2CCCC(C)(C)CC2)cc1Cl. The highest BCUT2D eigenvalue weighted by Crippen LogP contribution is 2.34. The number of ether oxygens (including phenoxy) is 1. The first kappa shape index (κ1) is 16.6. The number of likely N-dealkylation sites (tertiary alicyclic amines) is 1. The van der Waals surface area contributed by atoms with Crippen LogP contribution in [-0.2, 0) is 0 Å². The maximum absolute atomic E-state index is 6.26. The predicted molar refractivity (Wildman–Crippen MR) is 89.0 cm³/mol. The molecule has 118 valence electrons. The van der Waals surface area contributed by atoms with Gasteiger partial charge in [-0.25, -0.2) is 0 Å². The van der Waals surface area contributed by atoms with E-state index in [1.54, 1.807) is 7.11 Å². The molecule has 1 heterocycles. The minimum Gasteiger partial charge on any atom is -0.495 e. The summed E-state index contributed by atoms with van der Waals surface area (Å²) in [6.45, 7) is 7.53. The Balaban J connectivity index is 2.17. The van der Waals surface area contributed by atoms with Gasteiger partial charge in [-0.15, -0.1) is 0 Å². The molecule has 0 bridgehead atoms. The van der Waals surface area contributed by atoms with Crippen molar-refractivity contribution in [3.8, 4) is 5.75 Å². The van der Waals surface area contributed by atoms with E-state index >= 15 is 0 Å². The van der Waals surface area contributed by atoms with Crippen molar-refractivity contribution in [2.75, 3.05) is 26.7 Å². The van der Waals surface area contributed by atoms with E-state index in [0.717, 1.165) is 13.1 Å². The van der Waals surface area contributed by atoms with Crippen LogP contribution in [0.2, 0.25) is 5.02 Å². The van der Waals surface area contributed by atoms with Crippen LogP contribution < -0.4 is 10.5 Å². The van der Waals surface area contributed by atoms with Gasteiger partial charge in [0.05, 0.1) is 12.1 Å². The van der Waals surface area contributed by atoms with Crippen molar-refractivity contribution in [2.24, 2.45) is 11.1 Å². The summed E-state index contributed by atoms with van der Waals surface area (Å²) in [6.07, 6.45) is 3.73. The Hall–Kier alpha value is -0.770. The molecule has 3 nitrogen and oxygen atoms in total. The molecule has 1 unspecified atom stereocenters. The third-order valence-electron chi connectivity index (χ3n) is 4.60. The van der Waals surface area contributed by atoms with Gasteiger partial charge in [0.2, 0.25) is 0 Å². The van der Waals surface area contributed by atoms with E-state index in [-0.39, 0.29) is 6.04 Å². The van der Waals surface area contributed by atoms with E-state index < -0.39 is 0 Å². The van der Waals surface area contributed by atoms with Crippen LogP contribution in [-0.4, -0.2) is 31.6 Å². The fourth-order valence-corrected chi connectivity index (χ4v) is 3.41. The van der Waals surface area contributed by atoms with Gasteiger partial charge in [0, 0.05) is 12.6 Å².